The van der Waals surface area contributed by atoms with Crippen molar-refractivity contribution >= 4 is 17.1 Å². The molecule has 134 valence electrons. The number of benzene rings is 3. The number of ether oxygens (including phenoxy) is 1. The molecule has 0 amide bonds. The molecule has 0 spiro atoms. The zero-order valence-corrected chi connectivity index (χ0v) is 15.0. The van der Waals surface area contributed by atoms with Crippen LogP contribution in [0, 0.1) is 5.41 Å². The zero-order chi connectivity index (χ0) is 18.9. The molecule has 3 aromatic rings. The van der Waals surface area contributed by atoms with Gasteiger partial charge in [-0.3, -0.25) is 4.79 Å². The first-order valence-electron chi connectivity index (χ1n) is 8.88. The van der Waals surface area contributed by atoms with Crippen LogP contribution in [-0.2, 0) is 9.53 Å². The van der Waals surface area contributed by atoms with Crippen molar-refractivity contribution in [2.75, 3.05) is 7.11 Å². The Kier molecular flexibility index (Phi) is 4.38. The highest BCUT2D eigenvalue weighted by Crippen LogP contribution is 2.69. The van der Waals surface area contributed by atoms with E-state index in [1.807, 2.05) is 91.0 Å². The van der Waals surface area contributed by atoms with E-state index in [1.165, 1.54) is 7.11 Å². The van der Waals surface area contributed by atoms with E-state index in [0.717, 1.165) is 22.3 Å². The lowest BCUT2D eigenvalue weighted by Crippen LogP contribution is -2.29. The molecule has 0 aromatic heterocycles. The molecule has 1 N–H and O–H groups in total. The summed E-state index contributed by atoms with van der Waals surface area (Å²) >= 11 is 0. The van der Waals surface area contributed by atoms with Gasteiger partial charge in [-0.05, 0) is 27.8 Å². The average Bonchev–Trinajstić information content (AvgIpc) is 3.45. The Morgan fingerprint density at radius 1 is 0.778 bits per heavy atom. The Morgan fingerprint density at radius 2 is 1.19 bits per heavy atom. The van der Waals surface area contributed by atoms with Gasteiger partial charge in [0.2, 0.25) is 0 Å². The van der Waals surface area contributed by atoms with Gasteiger partial charge in [-0.15, -0.1) is 0 Å². The minimum Gasteiger partial charge on any atom is -0.468 e. The van der Waals surface area contributed by atoms with Gasteiger partial charge in [0, 0.05) is 0 Å². The minimum atomic E-state index is -1.21. The number of carbonyl (C=O) groups excluding carboxylic acids is 1. The molecular weight excluding hydrogens is 336 g/mol. The van der Waals surface area contributed by atoms with Crippen LogP contribution in [0.2, 0.25) is 0 Å². The van der Waals surface area contributed by atoms with Crippen LogP contribution < -0.4 is 0 Å². The van der Waals surface area contributed by atoms with Crippen LogP contribution in [0.15, 0.2) is 91.0 Å². The Labute approximate surface area is 158 Å². The molecule has 1 atom stereocenters. The van der Waals surface area contributed by atoms with Gasteiger partial charge in [-0.1, -0.05) is 91.0 Å². The second kappa shape index (κ2) is 6.86. The fraction of sp³-hybridized carbons (Fsp3) is 0.125. The summed E-state index contributed by atoms with van der Waals surface area (Å²) in [6.07, 6.45) is -1.03. The number of rotatable bonds is 5. The SMILES string of the molecule is COC(=O)C1(C(O)c2ccccc2)C(c2ccccc2)=C1c1ccccc1. The second-order valence-electron chi connectivity index (χ2n) is 6.59. The van der Waals surface area contributed by atoms with Crippen molar-refractivity contribution in [1.82, 2.24) is 0 Å². The molecule has 0 saturated heterocycles. The normalized spacial score (nSPS) is 15.9. The predicted octanol–water partition coefficient (Wildman–Crippen LogP) is 4.50. The molecule has 0 saturated carbocycles. The maximum absolute atomic E-state index is 13.1. The molecule has 0 fully saturated rings. The van der Waals surface area contributed by atoms with Gasteiger partial charge < -0.3 is 9.84 Å². The summed E-state index contributed by atoms with van der Waals surface area (Å²) in [4.78, 5) is 13.1. The molecule has 0 aliphatic heterocycles. The Bertz CT molecular complexity index is 926. The summed E-state index contributed by atoms with van der Waals surface area (Å²) in [5, 5.41) is 11.3. The second-order valence-corrected chi connectivity index (χ2v) is 6.59. The molecule has 0 heterocycles. The highest BCUT2D eigenvalue weighted by Gasteiger charge is 2.65. The number of hydrogen-bond acceptors (Lipinski definition) is 3. The Hall–Kier alpha value is -3.17. The van der Waals surface area contributed by atoms with Crippen LogP contribution in [0.5, 0.6) is 0 Å². The van der Waals surface area contributed by atoms with E-state index in [2.05, 4.69) is 0 Å². The molecule has 3 heteroatoms. The van der Waals surface area contributed by atoms with E-state index in [9.17, 15) is 9.90 Å². The van der Waals surface area contributed by atoms with Crippen LogP contribution in [0.1, 0.15) is 22.8 Å². The van der Waals surface area contributed by atoms with Crippen molar-refractivity contribution in [3.63, 3.8) is 0 Å². The standard InChI is InChI=1S/C24H20O3/c1-27-23(26)24(22(25)19-15-9-4-10-16-19)20(17-11-5-2-6-12-17)21(24)18-13-7-3-8-14-18/h2-16,22,25H,1H3. The lowest BCUT2D eigenvalue weighted by Gasteiger charge is -2.25. The first kappa shape index (κ1) is 17.3. The van der Waals surface area contributed by atoms with Crippen LogP contribution in [0.25, 0.3) is 11.1 Å². The van der Waals surface area contributed by atoms with Crippen LogP contribution in [-0.4, -0.2) is 18.2 Å². The molecule has 3 nitrogen and oxygen atoms in total. The third-order valence-electron chi connectivity index (χ3n) is 5.13. The maximum Gasteiger partial charge on any atom is 0.323 e. The van der Waals surface area contributed by atoms with Crippen molar-refractivity contribution in [2.24, 2.45) is 5.41 Å². The molecule has 1 aliphatic rings. The molecular formula is C24H20O3. The molecule has 4 rings (SSSR count). The zero-order valence-electron chi connectivity index (χ0n) is 15.0. The lowest BCUT2D eigenvalue weighted by molar-refractivity contribution is -0.149. The number of carbonyl (C=O) groups is 1. The quantitative estimate of drug-likeness (QED) is 0.685. The molecule has 0 bridgehead atoms. The predicted molar refractivity (Wildman–Crippen MR) is 106 cm³/mol. The molecule has 0 radical (unpaired) electrons. The summed E-state index contributed by atoms with van der Waals surface area (Å²) in [6, 6.07) is 28.7. The lowest BCUT2D eigenvalue weighted by atomic mass is 9.83. The summed E-state index contributed by atoms with van der Waals surface area (Å²) in [5.41, 5.74) is 2.93. The van der Waals surface area contributed by atoms with Crippen LogP contribution >= 0.6 is 0 Å². The molecule has 3 aromatic carbocycles. The molecule has 1 unspecified atom stereocenters. The number of methoxy groups -OCH3 is 1. The fourth-order valence-corrected chi connectivity index (χ4v) is 3.88. The monoisotopic (exact) mass is 356 g/mol. The highest BCUT2D eigenvalue weighted by atomic mass is 16.5. The minimum absolute atomic E-state index is 0.448. The summed E-state index contributed by atoms with van der Waals surface area (Å²) < 4.78 is 5.18. The smallest absolute Gasteiger partial charge is 0.323 e. The van der Waals surface area contributed by atoms with E-state index in [4.69, 9.17) is 4.74 Å². The van der Waals surface area contributed by atoms with Gasteiger partial charge >= 0.3 is 5.97 Å². The summed E-state index contributed by atoms with van der Waals surface area (Å²) in [7, 11) is 1.37. The number of aliphatic hydroxyl groups is 1. The van der Waals surface area contributed by atoms with Gasteiger partial charge in [0.05, 0.1) is 7.11 Å². The van der Waals surface area contributed by atoms with Gasteiger partial charge in [-0.2, -0.15) is 0 Å². The summed E-state index contributed by atoms with van der Waals surface area (Å²) in [5.74, 6) is -0.448. The van der Waals surface area contributed by atoms with Crippen molar-refractivity contribution in [2.45, 2.75) is 6.10 Å². The number of esters is 1. The third-order valence-corrected chi connectivity index (χ3v) is 5.13. The first-order chi connectivity index (χ1) is 13.2. The Balaban J connectivity index is 1.92. The van der Waals surface area contributed by atoms with Gasteiger partial charge in [0.15, 0.2) is 0 Å². The fourth-order valence-electron chi connectivity index (χ4n) is 3.88. The van der Waals surface area contributed by atoms with Gasteiger partial charge in [0.25, 0.3) is 0 Å². The van der Waals surface area contributed by atoms with E-state index in [1.54, 1.807) is 0 Å². The van der Waals surface area contributed by atoms with Crippen LogP contribution in [0.4, 0.5) is 0 Å². The topological polar surface area (TPSA) is 46.5 Å². The number of hydrogen-bond donors (Lipinski definition) is 1. The van der Waals surface area contributed by atoms with Crippen molar-refractivity contribution in [1.29, 1.82) is 0 Å². The van der Waals surface area contributed by atoms with Gasteiger partial charge in [0.1, 0.15) is 11.5 Å². The molecule has 27 heavy (non-hydrogen) atoms. The van der Waals surface area contributed by atoms with E-state index < -0.39 is 17.5 Å². The van der Waals surface area contributed by atoms with E-state index in [-0.39, 0.29) is 0 Å². The highest BCUT2D eigenvalue weighted by molar-refractivity contribution is 6.27. The number of aliphatic hydroxyl groups excluding tert-OH is 1. The van der Waals surface area contributed by atoms with Crippen molar-refractivity contribution in [3.05, 3.63) is 108 Å². The van der Waals surface area contributed by atoms with E-state index >= 15 is 0 Å². The maximum atomic E-state index is 13.1. The van der Waals surface area contributed by atoms with Crippen molar-refractivity contribution in [3.8, 4) is 0 Å². The summed E-state index contributed by atoms with van der Waals surface area (Å²) in [6.45, 7) is 0. The van der Waals surface area contributed by atoms with Gasteiger partial charge in [-0.25, -0.2) is 0 Å². The third kappa shape index (κ3) is 2.68. The van der Waals surface area contributed by atoms with E-state index in [0.29, 0.717) is 5.56 Å². The molecule has 1 aliphatic carbocycles. The Morgan fingerprint density at radius 3 is 1.59 bits per heavy atom. The first-order valence-corrected chi connectivity index (χ1v) is 8.88. The van der Waals surface area contributed by atoms with Crippen molar-refractivity contribution < 1.29 is 14.6 Å². The largest absolute Gasteiger partial charge is 0.468 e. The average molecular weight is 356 g/mol. The van der Waals surface area contributed by atoms with Crippen LogP contribution in [0.3, 0.4) is 0 Å².